The predicted octanol–water partition coefficient (Wildman–Crippen LogP) is 5.31. The molecule has 0 saturated carbocycles. The molecular weight excluding hydrogens is 460 g/mol. The lowest BCUT2D eigenvalue weighted by Crippen LogP contribution is -2.25. The van der Waals surface area contributed by atoms with E-state index in [1.54, 1.807) is 73.8 Å². The molecule has 7 heteroatoms. The van der Waals surface area contributed by atoms with Crippen molar-refractivity contribution >= 4 is 0 Å². The van der Waals surface area contributed by atoms with Crippen molar-refractivity contribution in [3.05, 3.63) is 106 Å². The second-order valence-corrected chi connectivity index (χ2v) is 9.25. The summed E-state index contributed by atoms with van der Waals surface area (Å²) in [5.41, 5.74) is 4.40. The predicted molar refractivity (Wildman–Crippen MR) is 131 cm³/mol. The molecule has 4 aromatic carbocycles. The highest BCUT2D eigenvalue weighted by Crippen LogP contribution is 2.62. The number of rotatable bonds is 4. The first-order valence-electron chi connectivity index (χ1n) is 11.6. The minimum absolute atomic E-state index is 0.0149. The Morgan fingerprint density at radius 1 is 0.694 bits per heavy atom. The quantitative estimate of drug-likeness (QED) is 0.266. The first-order valence-corrected chi connectivity index (χ1v) is 11.6. The lowest BCUT2D eigenvalue weighted by Gasteiger charge is -2.37. The highest BCUT2D eigenvalue weighted by atomic mass is 16.5. The maximum Gasteiger partial charge on any atom is 0.135 e. The summed E-state index contributed by atoms with van der Waals surface area (Å²) in [6.45, 7) is 0. The number of aromatic hydroxyl groups is 5. The minimum atomic E-state index is -0.584. The molecule has 5 N–H and O–H groups in total. The van der Waals surface area contributed by atoms with E-state index in [2.05, 4.69) is 0 Å². The summed E-state index contributed by atoms with van der Waals surface area (Å²) in [4.78, 5) is 0. The van der Waals surface area contributed by atoms with E-state index in [0.717, 1.165) is 22.3 Å². The Hall–Kier alpha value is -4.36. The molecule has 1 aliphatic carbocycles. The van der Waals surface area contributed by atoms with E-state index >= 15 is 0 Å². The maximum absolute atomic E-state index is 11.2. The molecule has 0 aromatic heterocycles. The zero-order valence-electron chi connectivity index (χ0n) is 19.3. The van der Waals surface area contributed by atoms with Gasteiger partial charge in [0, 0.05) is 36.3 Å². The van der Waals surface area contributed by atoms with Gasteiger partial charge in [-0.25, -0.2) is 0 Å². The van der Waals surface area contributed by atoms with Crippen LogP contribution in [0.25, 0.3) is 0 Å². The van der Waals surface area contributed by atoms with Crippen LogP contribution in [0.1, 0.15) is 57.4 Å². The molecule has 0 amide bonds. The van der Waals surface area contributed by atoms with Crippen molar-refractivity contribution in [1.29, 1.82) is 0 Å². The van der Waals surface area contributed by atoms with Crippen LogP contribution in [0.15, 0.2) is 72.8 Å². The average molecular weight is 485 g/mol. The van der Waals surface area contributed by atoms with Crippen molar-refractivity contribution in [3.63, 3.8) is 0 Å². The highest BCUT2D eigenvalue weighted by molar-refractivity contribution is 5.67. The van der Waals surface area contributed by atoms with Gasteiger partial charge in [0.2, 0.25) is 0 Å². The SMILES string of the molecule is CO[C@@H](c1ccc(O)cc1)[C@@H]1c2cc(O)cc3c2[C@H](c2cc(O)cc(O)c21)[C@@H](c1ccc(O)cc1)O3. The molecule has 0 bridgehead atoms. The van der Waals surface area contributed by atoms with Gasteiger partial charge in [-0.3, -0.25) is 0 Å². The van der Waals surface area contributed by atoms with Crippen molar-refractivity contribution in [2.24, 2.45) is 0 Å². The molecule has 0 radical (unpaired) electrons. The van der Waals surface area contributed by atoms with Crippen LogP contribution >= 0.6 is 0 Å². The topological polar surface area (TPSA) is 120 Å². The molecule has 6 rings (SSSR count). The molecule has 0 unspecified atom stereocenters. The number of methoxy groups -OCH3 is 1. The monoisotopic (exact) mass is 484 g/mol. The van der Waals surface area contributed by atoms with Crippen LogP contribution in [0.5, 0.6) is 34.5 Å². The van der Waals surface area contributed by atoms with Crippen molar-refractivity contribution in [3.8, 4) is 34.5 Å². The number of phenolic OH excluding ortho intramolecular Hbond substituents is 5. The third kappa shape index (κ3) is 3.31. The van der Waals surface area contributed by atoms with E-state index in [-0.39, 0.29) is 34.7 Å². The zero-order valence-corrected chi connectivity index (χ0v) is 19.3. The van der Waals surface area contributed by atoms with Crippen LogP contribution in [-0.4, -0.2) is 32.6 Å². The molecule has 4 aromatic rings. The van der Waals surface area contributed by atoms with Crippen LogP contribution in [0, 0.1) is 0 Å². The van der Waals surface area contributed by atoms with Crippen molar-refractivity contribution in [2.45, 2.75) is 24.0 Å². The third-order valence-electron chi connectivity index (χ3n) is 7.18. The Kier molecular flexibility index (Phi) is 4.98. The number of benzene rings is 4. The van der Waals surface area contributed by atoms with Crippen LogP contribution in [-0.2, 0) is 4.74 Å². The fourth-order valence-corrected chi connectivity index (χ4v) is 5.76. The van der Waals surface area contributed by atoms with Gasteiger partial charge in [0.15, 0.2) is 0 Å². The lowest BCUT2D eigenvalue weighted by atomic mass is 9.67. The Labute approximate surface area is 207 Å². The Bertz CT molecular complexity index is 1460. The van der Waals surface area contributed by atoms with Gasteiger partial charge in [-0.05, 0) is 58.7 Å². The molecule has 4 atom stereocenters. The number of hydrogen-bond donors (Lipinski definition) is 5. The average Bonchev–Trinajstić information content (AvgIpc) is 3.23. The molecule has 1 aliphatic heterocycles. The molecular formula is C29H24O7. The highest BCUT2D eigenvalue weighted by Gasteiger charge is 2.48. The number of phenols is 5. The summed E-state index contributed by atoms with van der Waals surface area (Å²) in [6, 6.07) is 19.5. The van der Waals surface area contributed by atoms with Gasteiger partial charge in [0.05, 0.1) is 12.0 Å². The number of hydrogen-bond acceptors (Lipinski definition) is 7. The maximum atomic E-state index is 11.2. The fraction of sp³-hybridized carbons (Fsp3) is 0.172. The van der Waals surface area contributed by atoms with E-state index in [1.165, 1.54) is 6.07 Å². The summed E-state index contributed by atoms with van der Waals surface area (Å²) in [7, 11) is 1.57. The van der Waals surface area contributed by atoms with Crippen molar-refractivity contribution in [2.75, 3.05) is 7.11 Å². The summed E-state index contributed by atoms with van der Waals surface area (Å²) in [5.74, 6) is -0.339. The summed E-state index contributed by atoms with van der Waals surface area (Å²) >= 11 is 0. The molecule has 2 aliphatic rings. The lowest BCUT2D eigenvalue weighted by molar-refractivity contribution is 0.0868. The molecule has 0 fully saturated rings. The van der Waals surface area contributed by atoms with Crippen LogP contribution in [0.3, 0.4) is 0 Å². The molecule has 0 spiro atoms. The van der Waals surface area contributed by atoms with Crippen LogP contribution < -0.4 is 4.74 Å². The summed E-state index contributed by atoms with van der Waals surface area (Å²) < 4.78 is 12.3. The second-order valence-electron chi connectivity index (χ2n) is 9.25. The van der Waals surface area contributed by atoms with Gasteiger partial charge < -0.3 is 35.0 Å². The molecule has 182 valence electrons. The van der Waals surface area contributed by atoms with Crippen LogP contribution in [0.4, 0.5) is 0 Å². The zero-order chi connectivity index (χ0) is 25.1. The van der Waals surface area contributed by atoms with Gasteiger partial charge in [-0.2, -0.15) is 0 Å². The summed E-state index contributed by atoms with van der Waals surface area (Å²) in [6.07, 6.45) is -1.10. The van der Waals surface area contributed by atoms with Gasteiger partial charge in [-0.1, -0.05) is 24.3 Å². The van der Waals surface area contributed by atoms with Gasteiger partial charge >= 0.3 is 0 Å². The Morgan fingerprint density at radius 3 is 1.97 bits per heavy atom. The summed E-state index contributed by atoms with van der Waals surface area (Å²) in [5, 5.41) is 51.9. The first kappa shape index (κ1) is 22.1. The third-order valence-corrected chi connectivity index (χ3v) is 7.18. The smallest absolute Gasteiger partial charge is 0.135 e. The van der Waals surface area contributed by atoms with E-state index in [9.17, 15) is 25.5 Å². The molecule has 7 nitrogen and oxygen atoms in total. The van der Waals surface area contributed by atoms with Gasteiger partial charge in [-0.15, -0.1) is 0 Å². The molecule has 1 heterocycles. The standard InChI is InChI=1S/C29H24O7/c1-35-28(14-2-6-16(30)7-3-14)26-21-11-19(33)13-23-25(21)27(20-10-18(32)12-22(34)24(20)26)29(36-23)15-4-8-17(31)9-5-15/h2-13,26-34H,1H3/t26-,27+,28+,29-/m1/s1. The first-order chi connectivity index (χ1) is 17.4. The largest absolute Gasteiger partial charge is 0.508 e. The second kappa shape index (κ2) is 8.10. The van der Waals surface area contributed by atoms with E-state index < -0.39 is 18.1 Å². The Balaban J connectivity index is 1.62. The molecule has 0 saturated heterocycles. The van der Waals surface area contributed by atoms with Crippen molar-refractivity contribution < 1.29 is 35.0 Å². The van der Waals surface area contributed by atoms with Gasteiger partial charge in [0.1, 0.15) is 40.6 Å². The van der Waals surface area contributed by atoms with E-state index in [1.807, 2.05) is 0 Å². The minimum Gasteiger partial charge on any atom is -0.508 e. The van der Waals surface area contributed by atoms with Gasteiger partial charge in [0.25, 0.3) is 0 Å². The Morgan fingerprint density at radius 2 is 1.31 bits per heavy atom. The number of ether oxygens (including phenoxy) is 2. The van der Waals surface area contributed by atoms with Crippen LogP contribution in [0.2, 0.25) is 0 Å². The normalized spacial score (nSPS) is 20.3. The van der Waals surface area contributed by atoms with Crippen molar-refractivity contribution in [1.82, 2.24) is 0 Å². The van der Waals surface area contributed by atoms with E-state index in [0.29, 0.717) is 16.9 Å². The number of fused-ring (bicyclic) bond motifs is 2. The molecule has 36 heavy (non-hydrogen) atoms. The van der Waals surface area contributed by atoms with E-state index in [4.69, 9.17) is 9.47 Å². The fourth-order valence-electron chi connectivity index (χ4n) is 5.76.